The van der Waals surface area contributed by atoms with E-state index in [2.05, 4.69) is 25.0 Å². The molecule has 0 aromatic heterocycles. The van der Waals surface area contributed by atoms with Gasteiger partial charge >= 0.3 is 6.03 Å². The third kappa shape index (κ3) is 172. The minimum absolute atomic E-state index is 0.833. The van der Waals surface area contributed by atoms with Crippen molar-refractivity contribution in [2.75, 3.05) is 0 Å². The number of carbonyl (C=O) groups excluding carboxylic acids is 1. The summed E-state index contributed by atoms with van der Waals surface area (Å²) >= 11 is 0. The minimum atomic E-state index is -0.833. The van der Waals surface area contributed by atoms with E-state index in [1.807, 2.05) is 6.92 Å². The maximum Gasteiger partial charge on any atom is 0.309 e. The van der Waals surface area contributed by atoms with Gasteiger partial charge in [-0.25, -0.2) is 4.79 Å². The Morgan fingerprint density at radius 1 is 1.56 bits per heavy atom. The Morgan fingerprint density at radius 3 is 1.67 bits per heavy atom. The summed E-state index contributed by atoms with van der Waals surface area (Å²) < 4.78 is 0. The zero-order valence-corrected chi connectivity index (χ0v) is 5.98. The van der Waals surface area contributed by atoms with Crippen molar-refractivity contribution >= 4 is 6.03 Å². The number of hydrogen-bond acceptors (Lipinski definition) is 1. The molecule has 0 aromatic rings. The summed E-state index contributed by atoms with van der Waals surface area (Å²) in [5.74, 6) is 0. The molecular weight excluding hydrogens is 116 g/mol. The zero-order chi connectivity index (χ0) is 7.86. The molecule has 0 aliphatic heterocycles. The Kier molecular flexibility index (Phi) is 8.49. The molecule has 9 heavy (non-hydrogen) atoms. The van der Waals surface area contributed by atoms with Crippen LogP contribution in [0.4, 0.5) is 4.79 Å². The first-order valence-corrected chi connectivity index (χ1v) is 2.70. The highest BCUT2D eigenvalue weighted by Crippen LogP contribution is 1.88. The second-order valence-corrected chi connectivity index (χ2v) is 1.71. The molecule has 3 nitrogen and oxygen atoms in total. The lowest BCUT2D eigenvalue weighted by atomic mass is 10.3. The van der Waals surface area contributed by atoms with E-state index in [0.717, 1.165) is 6.42 Å². The van der Waals surface area contributed by atoms with Crippen molar-refractivity contribution in [3.8, 4) is 0 Å². The SMILES string of the molecule is C=C(C)CC.NC(N)=O. The monoisotopic (exact) mass is 130 g/mol. The smallest absolute Gasteiger partial charge is 0.309 e. The normalized spacial score (nSPS) is 6.89. The second kappa shape index (κ2) is 7.01. The molecule has 0 fully saturated rings. The average Bonchev–Trinajstić information content (AvgIpc) is 1.65. The summed E-state index contributed by atoms with van der Waals surface area (Å²) in [6.45, 7) is 7.80. The van der Waals surface area contributed by atoms with Gasteiger partial charge < -0.3 is 11.5 Å². The summed E-state index contributed by atoms with van der Waals surface area (Å²) in [7, 11) is 0. The summed E-state index contributed by atoms with van der Waals surface area (Å²) in [5, 5.41) is 0. The van der Waals surface area contributed by atoms with Gasteiger partial charge in [-0.2, -0.15) is 0 Å². The molecule has 3 heteroatoms. The number of allylic oxidation sites excluding steroid dienone is 1. The van der Waals surface area contributed by atoms with Gasteiger partial charge in [0, 0.05) is 0 Å². The number of amides is 2. The average molecular weight is 130 g/mol. The molecule has 0 saturated heterocycles. The van der Waals surface area contributed by atoms with Crippen LogP contribution in [0.25, 0.3) is 0 Å². The lowest BCUT2D eigenvalue weighted by molar-refractivity contribution is 0.256. The van der Waals surface area contributed by atoms with Crippen molar-refractivity contribution in [1.82, 2.24) is 0 Å². The van der Waals surface area contributed by atoms with Crippen molar-refractivity contribution in [3.63, 3.8) is 0 Å². The van der Waals surface area contributed by atoms with E-state index in [1.165, 1.54) is 5.57 Å². The van der Waals surface area contributed by atoms with Crippen LogP contribution < -0.4 is 11.5 Å². The molecule has 0 aliphatic carbocycles. The summed E-state index contributed by atoms with van der Waals surface area (Å²) in [6.07, 6.45) is 1.11. The van der Waals surface area contributed by atoms with Crippen LogP contribution in [0.1, 0.15) is 20.3 Å². The van der Waals surface area contributed by atoms with Crippen LogP contribution in [0.3, 0.4) is 0 Å². The molecule has 0 radical (unpaired) electrons. The van der Waals surface area contributed by atoms with Gasteiger partial charge in [0.15, 0.2) is 0 Å². The quantitative estimate of drug-likeness (QED) is 0.511. The topological polar surface area (TPSA) is 69.1 Å². The molecule has 0 heterocycles. The molecule has 0 aliphatic rings. The number of urea groups is 1. The molecule has 0 rings (SSSR count). The maximum absolute atomic E-state index is 9.00. The van der Waals surface area contributed by atoms with Crippen LogP contribution in [-0.2, 0) is 0 Å². The van der Waals surface area contributed by atoms with E-state index >= 15 is 0 Å². The third-order valence-corrected chi connectivity index (χ3v) is 0.604. The van der Waals surface area contributed by atoms with E-state index in [4.69, 9.17) is 4.79 Å². The van der Waals surface area contributed by atoms with Crippen molar-refractivity contribution < 1.29 is 4.79 Å². The van der Waals surface area contributed by atoms with Crippen LogP contribution in [0.15, 0.2) is 12.2 Å². The molecule has 0 atom stereocenters. The van der Waals surface area contributed by atoms with Gasteiger partial charge in [0.05, 0.1) is 0 Å². The molecular formula is C6H14N2O. The van der Waals surface area contributed by atoms with Crippen molar-refractivity contribution in [1.29, 1.82) is 0 Å². The minimum Gasteiger partial charge on any atom is -0.352 e. The van der Waals surface area contributed by atoms with Crippen LogP contribution in [0.2, 0.25) is 0 Å². The first-order chi connectivity index (χ1) is 4.00. The largest absolute Gasteiger partial charge is 0.352 e. The fourth-order valence-electron chi connectivity index (χ4n) is 0. The molecule has 54 valence electrons. The van der Waals surface area contributed by atoms with E-state index in [9.17, 15) is 0 Å². The van der Waals surface area contributed by atoms with Crippen LogP contribution in [-0.4, -0.2) is 6.03 Å². The predicted molar refractivity (Wildman–Crippen MR) is 38.9 cm³/mol. The lowest BCUT2D eigenvalue weighted by Crippen LogP contribution is -2.18. The third-order valence-electron chi connectivity index (χ3n) is 0.604. The number of carbonyl (C=O) groups is 1. The zero-order valence-electron chi connectivity index (χ0n) is 5.98. The first kappa shape index (κ1) is 10.9. The lowest BCUT2D eigenvalue weighted by Gasteiger charge is -1.79. The molecule has 0 saturated carbocycles. The summed E-state index contributed by atoms with van der Waals surface area (Å²) in [6, 6.07) is -0.833. The van der Waals surface area contributed by atoms with E-state index in [-0.39, 0.29) is 0 Å². The Labute approximate surface area is 55.7 Å². The Bertz CT molecular complexity index is 95.2. The predicted octanol–water partition coefficient (Wildman–Crippen LogP) is 0.996. The van der Waals surface area contributed by atoms with Gasteiger partial charge in [0.1, 0.15) is 0 Å². The Morgan fingerprint density at radius 2 is 1.67 bits per heavy atom. The van der Waals surface area contributed by atoms with E-state index in [1.54, 1.807) is 0 Å². The highest BCUT2D eigenvalue weighted by Gasteiger charge is 1.67. The first-order valence-electron chi connectivity index (χ1n) is 2.70. The molecule has 2 amide bonds. The highest BCUT2D eigenvalue weighted by atomic mass is 16.2. The molecule has 0 unspecified atom stereocenters. The fraction of sp³-hybridized carbons (Fsp3) is 0.500. The van der Waals surface area contributed by atoms with Crippen LogP contribution in [0.5, 0.6) is 0 Å². The maximum atomic E-state index is 9.00. The van der Waals surface area contributed by atoms with Gasteiger partial charge in [-0.15, -0.1) is 6.58 Å². The van der Waals surface area contributed by atoms with E-state index < -0.39 is 6.03 Å². The number of hydrogen-bond donors (Lipinski definition) is 2. The Hall–Kier alpha value is -0.990. The highest BCUT2D eigenvalue weighted by molar-refractivity contribution is 5.69. The van der Waals surface area contributed by atoms with Crippen molar-refractivity contribution in [2.45, 2.75) is 20.3 Å². The van der Waals surface area contributed by atoms with Crippen LogP contribution in [0, 0.1) is 0 Å². The Balaban J connectivity index is 0. The molecule has 0 aromatic carbocycles. The summed E-state index contributed by atoms with van der Waals surface area (Å²) in [4.78, 5) is 9.00. The van der Waals surface area contributed by atoms with Gasteiger partial charge in [-0.1, -0.05) is 12.5 Å². The van der Waals surface area contributed by atoms with Crippen molar-refractivity contribution in [2.24, 2.45) is 11.5 Å². The van der Waals surface area contributed by atoms with Gasteiger partial charge in [0.25, 0.3) is 0 Å². The number of rotatable bonds is 1. The molecule has 0 bridgehead atoms. The number of primary amides is 2. The number of nitrogens with two attached hydrogens (primary N) is 2. The van der Waals surface area contributed by atoms with Gasteiger partial charge in [-0.05, 0) is 13.3 Å². The standard InChI is InChI=1S/C5H10.CH4N2O/c1-4-5(2)3;2-1(3)4/h2,4H2,1,3H3;(H4,2,3,4). The fourth-order valence-corrected chi connectivity index (χ4v) is 0. The van der Waals surface area contributed by atoms with Gasteiger partial charge in [0.2, 0.25) is 0 Å². The summed E-state index contributed by atoms with van der Waals surface area (Å²) in [5.41, 5.74) is 9.75. The van der Waals surface area contributed by atoms with E-state index in [0.29, 0.717) is 0 Å². The van der Waals surface area contributed by atoms with Crippen molar-refractivity contribution in [3.05, 3.63) is 12.2 Å². The second-order valence-electron chi connectivity index (χ2n) is 1.71. The van der Waals surface area contributed by atoms with Gasteiger partial charge in [-0.3, -0.25) is 0 Å². The molecule has 0 spiro atoms. The molecule has 4 N–H and O–H groups in total. The van der Waals surface area contributed by atoms with Crippen LogP contribution >= 0.6 is 0 Å².